The Kier molecular flexibility index (Phi) is 5.32. The fourth-order valence-electron chi connectivity index (χ4n) is 3.10. The second-order valence-electron chi connectivity index (χ2n) is 6.69. The normalized spacial score (nSPS) is 28.9. The van der Waals surface area contributed by atoms with Crippen molar-refractivity contribution in [3.05, 3.63) is 46.4 Å². The number of nitrogens with zero attached hydrogens (tertiary/aromatic N) is 2. The van der Waals surface area contributed by atoms with Crippen LogP contribution in [-0.2, 0) is 18.9 Å². The van der Waals surface area contributed by atoms with Gasteiger partial charge >= 0.3 is 0 Å². The van der Waals surface area contributed by atoms with Crippen molar-refractivity contribution < 1.29 is 18.9 Å². The van der Waals surface area contributed by atoms with Crippen LogP contribution < -0.4 is 5.32 Å². The van der Waals surface area contributed by atoms with E-state index in [0.29, 0.717) is 16.7 Å². The van der Waals surface area contributed by atoms with E-state index < -0.39 is 18.2 Å². The molecule has 2 fully saturated rings. The highest BCUT2D eigenvalue weighted by molar-refractivity contribution is 9.10. The summed E-state index contributed by atoms with van der Waals surface area (Å²) < 4.78 is 24.8. The van der Waals surface area contributed by atoms with Crippen LogP contribution in [0.25, 0.3) is 0 Å². The van der Waals surface area contributed by atoms with Gasteiger partial charge in [-0.25, -0.2) is 0 Å². The maximum absolute atomic E-state index is 6.06. The smallest absolute Gasteiger partial charge is 0.210 e. The van der Waals surface area contributed by atoms with Gasteiger partial charge in [0, 0.05) is 10.2 Å². The van der Waals surface area contributed by atoms with Crippen molar-refractivity contribution in [2.24, 2.45) is 0 Å². The van der Waals surface area contributed by atoms with E-state index in [4.69, 9.17) is 18.9 Å². The molecule has 2 aromatic rings. The molecule has 2 saturated heterocycles. The van der Waals surface area contributed by atoms with E-state index in [1.807, 2.05) is 38.1 Å². The average molecular weight is 454 g/mol. The van der Waals surface area contributed by atoms with E-state index in [0.717, 1.165) is 10.2 Å². The zero-order chi connectivity index (χ0) is 19.0. The molecule has 0 spiro atoms. The van der Waals surface area contributed by atoms with Crippen molar-refractivity contribution in [3.63, 3.8) is 0 Å². The number of aromatic nitrogens is 2. The number of halogens is 1. The molecule has 3 heterocycles. The molecule has 4 rings (SSSR count). The van der Waals surface area contributed by atoms with Gasteiger partial charge in [-0.05, 0) is 38.1 Å². The number of benzene rings is 1. The minimum absolute atomic E-state index is 0.322. The Morgan fingerprint density at radius 1 is 1.30 bits per heavy atom. The van der Waals surface area contributed by atoms with Gasteiger partial charge in [-0.15, -0.1) is 16.8 Å². The highest BCUT2D eigenvalue weighted by atomic mass is 79.9. The van der Waals surface area contributed by atoms with E-state index in [1.54, 1.807) is 6.08 Å². The molecule has 27 heavy (non-hydrogen) atoms. The van der Waals surface area contributed by atoms with Crippen LogP contribution in [0.3, 0.4) is 0 Å². The molecule has 0 unspecified atom stereocenters. The lowest BCUT2D eigenvalue weighted by Crippen LogP contribution is -2.33. The molecule has 2 aliphatic rings. The molecule has 0 aliphatic carbocycles. The second-order valence-corrected chi connectivity index (χ2v) is 8.61. The van der Waals surface area contributed by atoms with Crippen molar-refractivity contribution in [1.82, 2.24) is 10.2 Å². The fraction of sp³-hybridized carbons (Fsp3) is 0.444. The highest BCUT2D eigenvalue weighted by Gasteiger charge is 2.56. The topological polar surface area (TPSA) is 74.7 Å². The quantitative estimate of drug-likeness (QED) is 0.657. The maximum Gasteiger partial charge on any atom is 0.210 e. The zero-order valence-corrected chi connectivity index (χ0v) is 17.3. The molecule has 1 aromatic carbocycles. The Bertz CT molecular complexity index is 813. The number of hydrogen-bond acceptors (Lipinski definition) is 8. The zero-order valence-electron chi connectivity index (χ0n) is 14.9. The molecule has 0 radical (unpaired) electrons. The van der Waals surface area contributed by atoms with Crippen molar-refractivity contribution in [2.75, 3.05) is 11.9 Å². The summed E-state index contributed by atoms with van der Waals surface area (Å²) in [6, 6.07) is 7.84. The lowest BCUT2D eigenvalue weighted by molar-refractivity contribution is -0.218. The Hall–Kier alpha value is -1.36. The lowest BCUT2D eigenvalue weighted by atomic mass is 10.1. The predicted octanol–water partition coefficient (Wildman–Crippen LogP) is 4.16. The monoisotopic (exact) mass is 453 g/mol. The first-order chi connectivity index (χ1) is 12.9. The Morgan fingerprint density at radius 2 is 2.07 bits per heavy atom. The van der Waals surface area contributed by atoms with Gasteiger partial charge in [-0.1, -0.05) is 33.3 Å². The first-order valence-electron chi connectivity index (χ1n) is 8.55. The van der Waals surface area contributed by atoms with Gasteiger partial charge in [0.15, 0.2) is 17.1 Å². The molecule has 1 aromatic heterocycles. The predicted molar refractivity (Wildman–Crippen MR) is 105 cm³/mol. The van der Waals surface area contributed by atoms with E-state index in [9.17, 15) is 0 Å². The summed E-state index contributed by atoms with van der Waals surface area (Å²) in [5.41, 5.74) is 0.929. The van der Waals surface area contributed by atoms with Gasteiger partial charge in [-0.2, -0.15) is 0 Å². The van der Waals surface area contributed by atoms with Crippen LogP contribution >= 0.6 is 27.3 Å². The Balaban J connectivity index is 1.51. The third-order valence-corrected chi connectivity index (χ3v) is 5.61. The van der Waals surface area contributed by atoms with Gasteiger partial charge in [0.05, 0.1) is 6.61 Å². The summed E-state index contributed by atoms with van der Waals surface area (Å²) in [6.45, 7) is 7.82. The number of hydrogen-bond donors (Lipinski definition) is 1. The second kappa shape index (κ2) is 7.57. The minimum atomic E-state index is -0.703. The number of anilines is 2. The van der Waals surface area contributed by atoms with Crippen LogP contribution in [0.15, 0.2) is 41.4 Å². The number of ether oxygens (including phenoxy) is 4. The van der Waals surface area contributed by atoms with E-state index >= 15 is 0 Å². The number of fused-ring (bicyclic) bond motifs is 1. The molecule has 2 aliphatic heterocycles. The lowest BCUT2D eigenvalue weighted by Gasteiger charge is -2.24. The minimum Gasteiger partial charge on any atom is -0.368 e. The SMILES string of the molecule is C=CCO[C@@H]1[C@H]2OC(C)(C)O[C@H]2O[C@@H]1c1nnc(Nc2ccc(Br)cc2)s1. The maximum atomic E-state index is 6.06. The van der Waals surface area contributed by atoms with Crippen LogP contribution in [0.1, 0.15) is 25.0 Å². The summed E-state index contributed by atoms with van der Waals surface area (Å²) in [7, 11) is 0. The standard InChI is InChI=1S/C18H20BrN3O4S/c1-4-9-23-12-13(24-16-14(12)25-18(2,3)26-16)15-21-22-17(27-15)20-11-7-5-10(19)6-8-11/h4-8,12-14,16H,1,9H2,2-3H3,(H,20,22)/t12-,13-,14+,16+/m0/s1. The van der Waals surface area contributed by atoms with Crippen LogP contribution in [0.2, 0.25) is 0 Å². The molecular weight excluding hydrogens is 434 g/mol. The molecule has 7 nitrogen and oxygen atoms in total. The van der Waals surface area contributed by atoms with Gasteiger partial charge in [-0.3, -0.25) is 0 Å². The first-order valence-corrected chi connectivity index (χ1v) is 10.2. The van der Waals surface area contributed by atoms with Gasteiger partial charge in [0.1, 0.15) is 18.3 Å². The van der Waals surface area contributed by atoms with E-state index in [1.165, 1.54) is 11.3 Å². The number of nitrogens with one attached hydrogen (secondary N) is 1. The van der Waals surface area contributed by atoms with Gasteiger partial charge < -0.3 is 24.3 Å². The highest BCUT2D eigenvalue weighted by Crippen LogP contribution is 2.45. The van der Waals surface area contributed by atoms with Crippen molar-refractivity contribution in [2.45, 2.75) is 44.2 Å². The van der Waals surface area contributed by atoms with Crippen LogP contribution in [0.5, 0.6) is 0 Å². The molecule has 9 heteroatoms. The van der Waals surface area contributed by atoms with E-state index in [-0.39, 0.29) is 12.2 Å². The van der Waals surface area contributed by atoms with Gasteiger partial charge in [0.2, 0.25) is 5.13 Å². The van der Waals surface area contributed by atoms with Crippen LogP contribution in [0, 0.1) is 0 Å². The third-order valence-electron chi connectivity index (χ3n) is 4.18. The van der Waals surface area contributed by atoms with E-state index in [2.05, 4.69) is 38.0 Å². The van der Waals surface area contributed by atoms with Gasteiger partial charge in [0.25, 0.3) is 0 Å². The molecule has 0 bridgehead atoms. The van der Waals surface area contributed by atoms with Crippen molar-refractivity contribution in [3.8, 4) is 0 Å². The molecule has 0 amide bonds. The molecule has 144 valence electrons. The third kappa shape index (κ3) is 4.08. The fourth-order valence-corrected chi connectivity index (χ4v) is 4.20. The summed E-state index contributed by atoms with van der Waals surface area (Å²) in [5, 5.41) is 13.1. The summed E-state index contributed by atoms with van der Waals surface area (Å²) >= 11 is 4.84. The summed E-state index contributed by atoms with van der Waals surface area (Å²) in [6.07, 6.45) is 0.131. The molecule has 4 atom stereocenters. The number of rotatable bonds is 6. The first kappa shape index (κ1) is 19.0. The Labute approximate surface area is 169 Å². The molecule has 1 N–H and O–H groups in total. The molecule has 0 saturated carbocycles. The summed E-state index contributed by atoms with van der Waals surface area (Å²) in [4.78, 5) is 0. The van der Waals surface area contributed by atoms with Crippen molar-refractivity contribution in [1.29, 1.82) is 0 Å². The largest absolute Gasteiger partial charge is 0.368 e. The molecular formula is C18H20BrN3O4S. The average Bonchev–Trinajstić information content (AvgIpc) is 3.27. The Morgan fingerprint density at radius 3 is 2.81 bits per heavy atom. The van der Waals surface area contributed by atoms with Crippen molar-refractivity contribution >= 4 is 38.1 Å². The van der Waals surface area contributed by atoms with Crippen LogP contribution in [-0.4, -0.2) is 41.1 Å². The van der Waals surface area contributed by atoms with Crippen LogP contribution in [0.4, 0.5) is 10.8 Å². The summed E-state index contributed by atoms with van der Waals surface area (Å²) in [5.74, 6) is -0.703.